The molecule has 0 fully saturated rings. The summed E-state index contributed by atoms with van der Waals surface area (Å²) in [5.41, 5.74) is 0.867. The van der Waals surface area contributed by atoms with Gasteiger partial charge in [0, 0.05) is 29.9 Å². The highest BCUT2D eigenvalue weighted by Crippen LogP contribution is 2.17. The van der Waals surface area contributed by atoms with Crippen LogP contribution in [0.25, 0.3) is 0 Å². The molecule has 0 heterocycles. The monoisotopic (exact) mass is 473 g/mol. The van der Waals surface area contributed by atoms with Crippen molar-refractivity contribution in [3.8, 4) is 0 Å². The van der Waals surface area contributed by atoms with Gasteiger partial charge >= 0.3 is 0 Å². The lowest BCUT2D eigenvalue weighted by Gasteiger charge is -2.10. The molecule has 33 heavy (non-hydrogen) atoms. The lowest BCUT2D eigenvalue weighted by atomic mass is 10.1. The summed E-state index contributed by atoms with van der Waals surface area (Å²) in [4.78, 5) is 24.3. The Kier molecular flexibility index (Phi) is 7.39. The van der Waals surface area contributed by atoms with Crippen LogP contribution in [0.1, 0.15) is 26.3 Å². The van der Waals surface area contributed by atoms with Crippen molar-refractivity contribution in [1.82, 2.24) is 10.6 Å². The molecule has 0 atom stereocenters. The minimum Gasteiger partial charge on any atom is -0.350 e. The summed E-state index contributed by atoms with van der Waals surface area (Å²) < 4.78 is 54.0. The Hall–Kier alpha value is -3.79. The number of hydrogen-bond donors (Lipinski definition) is 3. The molecule has 3 rings (SSSR count). The van der Waals surface area contributed by atoms with Gasteiger partial charge in [0.05, 0.1) is 4.90 Å². The Bertz CT molecular complexity index is 1280. The number of anilines is 1. The lowest BCUT2D eigenvalue weighted by molar-refractivity contribution is 0.0927. The maximum atomic E-state index is 13.6. The molecule has 0 unspecified atom stereocenters. The van der Waals surface area contributed by atoms with Crippen molar-refractivity contribution in [2.75, 3.05) is 17.8 Å². The number of benzene rings is 3. The van der Waals surface area contributed by atoms with Crippen molar-refractivity contribution < 1.29 is 26.8 Å². The summed E-state index contributed by atoms with van der Waals surface area (Å²) >= 11 is 0. The highest BCUT2D eigenvalue weighted by molar-refractivity contribution is 7.92. The van der Waals surface area contributed by atoms with E-state index in [2.05, 4.69) is 15.4 Å². The van der Waals surface area contributed by atoms with Crippen LogP contribution in [-0.4, -0.2) is 33.3 Å². The fourth-order valence-electron chi connectivity index (χ4n) is 2.83. The minimum absolute atomic E-state index is 0.0731. The molecule has 0 aliphatic heterocycles. The van der Waals surface area contributed by atoms with E-state index >= 15 is 0 Å². The van der Waals surface area contributed by atoms with Crippen molar-refractivity contribution in [1.29, 1.82) is 0 Å². The van der Waals surface area contributed by atoms with Crippen LogP contribution in [0.4, 0.5) is 14.5 Å². The van der Waals surface area contributed by atoms with Crippen molar-refractivity contribution in [2.45, 2.75) is 11.8 Å². The van der Waals surface area contributed by atoms with Gasteiger partial charge in [-0.05, 0) is 67.1 Å². The van der Waals surface area contributed by atoms with Crippen LogP contribution in [0.3, 0.4) is 0 Å². The number of halogens is 2. The first-order valence-electron chi connectivity index (χ1n) is 9.87. The Morgan fingerprint density at radius 1 is 0.818 bits per heavy atom. The normalized spacial score (nSPS) is 11.0. The fraction of sp³-hybridized carbons (Fsp3) is 0.130. The van der Waals surface area contributed by atoms with Gasteiger partial charge < -0.3 is 10.6 Å². The first-order chi connectivity index (χ1) is 15.7. The molecule has 0 aliphatic carbocycles. The van der Waals surface area contributed by atoms with Crippen molar-refractivity contribution in [3.63, 3.8) is 0 Å². The van der Waals surface area contributed by atoms with Crippen molar-refractivity contribution >= 4 is 27.5 Å². The molecule has 0 saturated carbocycles. The average molecular weight is 474 g/mol. The first-order valence-corrected chi connectivity index (χ1v) is 11.3. The zero-order chi connectivity index (χ0) is 24.0. The van der Waals surface area contributed by atoms with E-state index < -0.39 is 33.5 Å². The number of rotatable bonds is 8. The highest BCUT2D eigenvalue weighted by Gasteiger charge is 2.17. The fourth-order valence-corrected chi connectivity index (χ4v) is 3.93. The third-order valence-electron chi connectivity index (χ3n) is 4.63. The van der Waals surface area contributed by atoms with E-state index in [9.17, 15) is 26.8 Å². The zero-order valence-electron chi connectivity index (χ0n) is 17.6. The number of nitrogens with one attached hydrogen (secondary N) is 3. The molecule has 0 spiro atoms. The van der Waals surface area contributed by atoms with E-state index in [4.69, 9.17) is 0 Å². The van der Waals surface area contributed by atoms with E-state index in [1.54, 1.807) is 6.92 Å². The number of amides is 2. The van der Waals surface area contributed by atoms with Gasteiger partial charge in [-0.25, -0.2) is 17.2 Å². The number of sulfonamides is 1. The number of carbonyl (C=O) groups is 2. The maximum absolute atomic E-state index is 13.6. The molecule has 7 nitrogen and oxygen atoms in total. The molecule has 0 aromatic heterocycles. The summed E-state index contributed by atoms with van der Waals surface area (Å²) in [5.74, 6) is -2.01. The summed E-state index contributed by atoms with van der Waals surface area (Å²) in [7, 11) is -4.00. The van der Waals surface area contributed by atoms with Crippen molar-refractivity contribution in [2.24, 2.45) is 0 Å². The van der Waals surface area contributed by atoms with Crippen LogP contribution in [0.2, 0.25) is 0 Å². The standard InChI is InChI=1S/C23H21F2N3O4S/c1-15-5-6-17(14-21(15)25)23(30)27-12-11-26-22(29)16-3-2-4-20(13-16)33(31,32)28-19-9-7-18(24)8-10-19/h2-10,13-14,28H,11-12H2,1H3,(H,26,29)(H,27,30). The molecular weight excluding hydrogens is 452 g/mol. The second-order valence-electron chi connectivity index (χ2n) is 7.12. The second-order valence-corrected chi connectivity index (χ2v) is 8.80. The van der Waals surface area contributed by atoms with Gasteiger partial charge in [-0.2, -0.15) is 0 Å². The van der Waals surface area contributed by atoms with Crippen LogP contribution < -0.4 is 15.4 Å². The van der Waals surface area contributed by atoms with Crippen molar-refractivity contribution in [3.05, 3.63) is 95.1 Å². The summed E-state index contributed by atoms with van der Waals surface area (Å²) in [6, 6.07) is 14.3. The zero-order valence-corrected chi connectivity index (χ0v) is 18.4. The SMILES string of the molecule is Cc1ccc(C(=O)NCCNC(=O)c2cccc(S(=O)(=O)Nc3ccc(F)cc3)c2)cc1F. The van der Waals surface area contributed by atoms with Crippen LogP contribution in [-0.2, 0) is 10.0 Å². The molecule has 2 amide bonds. The predicted molar refractivity (Wildman–Crippen MR) is 119 cm³/mol. The van der Waals surface area contributed by atoms with Crippen LogP contribution >= 0.6 is 0 Å². The molecule has 0 aliphatic rings. The largest absolute Gasteiger partial charge is 0.350 e. The third-order valence-corrected chi connectivity index (χ3v) is 6.01. The summed E-state index contributed by atoms with van der Waals surface area (Å²) in [5, 5.41) is 5.14. The molecule has 0 bridgehead atoms. The molecule has 0 saturated heterocycles. The van der Waals surface area contributed by atoms with E-state index in [1.807, 2.05) is 0 Å². The van der Waals surface area contributed by atoms with Gasteiger partial charge in [0.25, 0.3) is 21.8 Å². The smallest absolute Gasteiger partial charge is 0.261 e. The Labute approximate surface area is 189 Å². The topological polar surface area (TPSA) is 104 Å². The number of aryl methyl sites for hydroxylation is 1. The summed E-state index contributed by atoms with van der Waals surface area (Å²) in [6.45, 7) is 1.75. The molecule has 3 aromatic rings. The van der Waals surface area contributed by atoms with E-state index in [0.29, 0.717) is 5.56 Å². The summed E-state index contributed by atoms with van der Waals surface area (Å²) in [6.07, 6.45) is 0. The van der Waals surface area contributed by atoms with Crippen LogP contribution in [0.5, 0.6) is 0 Å². The second kappa shape index (κ2) is 10.2. The van der Waals surface area contributed by atoms with Gasteiger partial charge in [-0.1, -0.05) is 12.1 Å². The molecule has 10 heteroatoms. The molecule has 3 N–H and O–H groups in total. The molecule has 0 radical (unpaired) electrons. The average Bonchev–Trinajstić information content (AvgIpc) is 2.79. The van der Waals surface area contributed by atoms with Gasteiger partial charge in [-0.3, -0.25) is 14.3 Å². The Balaban J connectivity index is 1.56. The molecule has 3 aromatic carbocycles. The molecule has 172 valence electrons. The first kappa shape index (κ1) is 23.9. The number of carbonyl (C=O) groups excluding carboxylic acids is 2. The quantitative estimate of drug-likeness (QED) is 0.437. The van der Waals surface area contributed by atoms with Gasteiger partial charge in [0.1, 0.15) is 11.6 Å². The van der Waals surface area contributed by atoms with E-state index in [0.717, 1.165) is 18.2 Å². The Morgan fingerprint density at radius 2 is 1.42 bits per heavy atom. The Morgan fingerprint density at radius 3 is 2.03 bits per heavy atom. The van der Waals surface area contributed by atoms with Gasteiger partial charge in [-0.15, -0.1) is 0 Å². The minimum atomic E-state index is -4.00. The van der Waals surface area contributed by atoms with Gasteiger partial charge in [0.15, 0.2) is 0 Å². The highest BCUT2D eigenvalue weighted by atomic mass is 32.2. The maximum Gasteiger partial charge on any atom is 0.261 e. The third kappa shape index (κ3) is 6.36. The van der Waals surface area contributed by atoms with Crippen LogP contribution in [0, 0.1) is 18.6 Å². The van der Waals surface area contributed by atoms with E-state index in [1.165, 1.54) is 48.5 Å². The lowest BCUT2D eigenvalue weighted by Crippen LogP contribution is -2.34. The number of hydrogen-bond acceptors (Lipinski definition) is 4. The predicted octanol–water partition coefficient (Wildman–Crippen LogP) is 3.23. The van der Waals surface area contributed by atoms with Gasteiger partial charge in [0.2, 0.25) is 0 Å². The molecular formula is C23H21F2N3O4S. The van der Waals surface area contributed by atoms with E-state index in [-0.39, 0.29) is 34.8 Å². The van der Waals surface area contributed by atoms with Crippen LogP contribution in [0.15, 0.2) is 71.6 Å².